The molecule has 4 heteroatoms. The average Bonchev–Trinajstić information content (AvgIpc) is 2.31. The van der Waals surface area contributed by atoms with Crippen molar-refractivity contribution in [3.8, 4) is 0 Å². The van der Waals surface area contributed by atoms with Gasteiger partial charge in [-0.1, -0.05) is 0 Å². The molecule has 0 spiro atoms. The van der Waals surface area contributed by atoms with Gasteiger partial charge in [0.05, 0.1) is 12.6 Å². The molecule has 0 bridgehead atoms. The minimum absolute atomic E-state index is 0. The Bertz CT molecular complexity index is 272. The molecule has 2 N–H and O–H groups in total. The smallest absolute Gasteiger partial charge is 0.123 e. The normalized spacial score (nSPS) is 21.3. The molecule has 0 amide bonds. The number of hydrogen-bond donors (Lipinski definition) is 2. The van der Waals surface area contributed by atoms with Crippen molar-refractivity contribution in [2.75, 3.05) is 6.54 Å². The summed E-state index contributed by atoms with van der Waals surface area (Å²) in [5.74, 6) is 1.75. The Kier molecular flexibility index (Phi) is 2.77. The first kappa shape index (κ1) is 9.58. The van der Waals surface area contributed by atoms with Crippen molar-refractivity contribution in [3.05, 3.63) is 23.2 Å². The van der Waals surface area contributed by atoms with E-state index in [1.807, 2.05) is 13.0 Å². The number of halogens is 1. The number of aryl methyl sites for hydroxylation is 1. The summed E-state index contributed by atoms with van der Waals surface area (Å²) in [5, 5.41) is 12.5. The third-order valence-corrected chi connectivity index (χ3v) is 1.95. The molecule has 1 unspecified atom stereocenters. The second-order valence-corrected chi connectivity index (χ2v) is 2.88. The van der Waals surface area contributed by atoms with Crippen LogP contribution in [-0.2, 0) is 6.54 Å². The monoisotopic (exact) mass is 189 g/mol. The zero-order chi connectivity index (χ0) is 7.84. The molecule has 0 saturated carbocycles. The Balaban J connectivity index is 0.000000720. The van der Waals surface area contributed by atoms with Gasteiger partial charge in [-0.25, -0.2) is 0 Å². The van der Waals surface area contributed by atoms with Crippen LogP contribution in [0.5, 0.6) is 0 Å². The molecule has 1 aromatic heterocycles. The summed E-state index contributed by atoms with van der Waals surface area (Å²) in [5.41, 5.74) is 0.946. The van der Waals surface area contributed by atoms with Crippen LogP contribution >= 0.6 is 12.4 Å². The van der Waals surface area contributed by atoms with Gasteiger partial charge in [0.15, 0.2) is 0 Å². The minimum atomic E-state index is -0.392. The lowest BCUT2D eigenvalue weighted by Crippen LogP contribution is -2.26. The third kappa shape index (κ3) is 1.48. The molecule has 0 aromatic carbocycles. The zero-order valence-electron chi connectivity index (χ0n) is 6.83. The van der Waals surface area contributed by atoms with E-state index < -0.39 is 6.10 Å². The number of β-amino-alcohol motifs (C(OH)–C–C–N with tert-alkyl or cyclic N) is 1. The Hall–Kier alpha value is -0.510. The van der Waals surface area contributed by atoms with Crippen LogP contribution < -0.4 is 5.32 Å². The van der Waals surface area contributed by atoms with Crippen molar-refractivity contribution in [1.29, 1.82) is 0 Å². The fourth-order valence-electron chi connectivity index (χ4n) is 1.43. The predicted octanol–water partition coefficient (Wildman–Crippen LogP) is 1.15. The summed E-state index contributed by atoms with van der Waals surface area (Å²) in [6.07, 6.45) is -0.392. The number of aliphatic hydroxyl groups is 1. The lowest BCUT2D eigenvalue weighted by atomic mass is 10.1. The summed E-state index contributed by atoms with van der Waals surface area (Å²) >= 11 is 0. The zero-order valence-corrected chi connectivity index (χ0v) is 7.65. The maximum Gasteiger partial charge on any atom is 0.123 e. The molecule has 1 aliphatic heterocycles. The highest BCUT2D eigenvalue weighted by Gasteiger charge is 2.20. The van der Waals surface area contributed by atoms with Crippen molar-refractivity contribution in [2.24, 2.45) is 0 Å². The van der Waals surface area contributed by atoms with Crippen molar-refractivity contribution in [1.82, 2.24) is 5.32 Å². The summed E-state index contributed by atoms with van der Waals surface area (Å²) in [7, 11) is 0. The fraction of sp³-hybridized carbons (Fsp3) is 0.500. The first-order valence-corrected chi connectivity index (χ1v) is 3.75. The second-order valence-electron chi connectivity index (χ2n) is 2.88. The van der Waals surface area contributed by atoms with Gasteiger partial charge in [0.1, 0.15) is 11.5 Å². The lowest BCUT2D eigenvalue weighted by Gasteiger charge is -2.16. The van der Waals surface area contributed by atoms with Gasteiger partial charge in [-0.3, -0.25) is 0 Å². The highest BCUT2D eigenvalue weighted by atomic mass is 35.5. The number of nitrogens with one attached hydrogen (secondary N) is 1. The highest BCUT2D eigenvalue weighted by Crippen LogP contribution is 2.24. The molecule has 1 aliphatic rings. The maximum absolute atomic E-state index is 9.45. The van der Waals surface area contributed by atoms with E-state index in [4.69, 9.17) is 4.42 Å². The number of hydrogen-bond acceptors (Lipinski definition) is 3. The third-order valence-electron chi connectivity index (χ3n) is 1.95. The van der Waals surface area contributed by atoms with Gasteiger partial charge < -0.3 is 14.8 Å². The van der Waals surface area contributed by atoms with Gasteiger partial charge >= 0.3 is 0 Å². The van der Waals surface area contributed by atoms with E-state index in [1.165, 1.54) is 0 Å². The van der Waals surface area contributed by atoms with Gasteiger partial charge in [-0.2, -0.15) is 0 Å². The Morgan fingerprint density at radius 2 is 2.42 bits per heavy atom. The van der Waals surface area contributed by atoms with Crippen LogP contribution in [0.3, 0.4) is 0 Å². The van der Waals surface area contributed by atoms with Crippen molar-refractivity contribution < 1.29 is 9.52 Å². The number of rotatable bonds is 0. The molecule has 0 saturated heterocycles. The van der Waals surface area contributed by atoms with E-state index in [0.717, 1.165) is 23.6 Å². The predicted molar refractivity (Wildman–Crippen MR) is 47.4 cm³/mol. The fourth-order valence-corrected chi connectivity index (χ4v) is 1.43. The Morgan fingerprint density at radius 1 is 1.67 bits per heavy atom. The first-order chi connectivity index (χ1) is 5.27. The van der Waals surface area contributed by atoms with E-state index in [-0.39, 0.29) is 12.4 Å². The maximum atomic E-state index is 9.45. The summed E-state index contributed by atoms with van der Waals surface area (Å²) in [4.78, 5) is 0. The first-order valence-electron chi connectivity index (χ1n) is 3.75. The van der Waals surface area contributed by atoms with Crippen molar-refractivity contribution in [2.45, 2.75) is 19.6 Å². The second kappa shape index (κ2) is 3.47. The van der Waals surface area contributed by atoms with Crippen LogP contribution in [0.25, 0.3) is 0 Å². The van der Waals surface area contributed by atoms with Crippen molar-refractivity contribution >= 4 is 12.4 Å². The Morgan fingerprint density at radius 3 is 3.08 bits per heavy atom. The minimum Gasteiger partial charge on any atom is -0.465 e. The molecule has 2 rings (SSSR count). The van der Waals surface area contributed by atoms with Crippen LogP contribution in [-0.4, -0.2) is 11.7 Å². The lowest BCUT2D eigenvalue weighted by molar-refractivity contribution is 0.160. The quantitative estimate of drug-likeness (QED) is 0.644. The van der Waals surface area contributed by atoms with Gasteiger partial charge in [0.2, 0.25) is 0 Å². The SMILES string of the molecule is Cc1cc2c(o1)CNCC2O.Cl. The summed E-state index contributed by atoms with van der Waals surface area (Å²) < 4.78 is 5.35. The summed E-state index contributed by atoms with van der Waals surface area (Å²) in [6, 6.07) is 1.90. The van der Waals surface area contributed by atoms with E-state index in [9.17, 15) is 5.11 Å². The number of aliphatic hydroxyl groups excluding tert-OH is 1. The van der Waals surface area contributed by atoms with Gasteiger partial charge in [-0.15, -0.1) is 12.4 Å². The van der Waals surface area contributed by atoms with Crippen LogP contribution in [0.15, 0.2) is 10.5 Å². The van der Waals surface area contributed by atoms with E-state index in [1.54, 1.807) is 0 Å². The summed E-state index contributed by atoms with van der Waals surface area (Å²) in [6.45, 7) is 3.26. The van der Waals surface area contributed by atoms with Crippen LogP contribution in [0.2, 0.25) is 0 Å². The topological polar surface area (TPSA) is 45.4 Å². The standard InChI is InChI=1S/C8H11NO2.ClH/c1-5-2-6-7(10)3-9-4-8(6)11-5;/h2,7,9-10H,3-4H2,1H3;1H. The molecule has 68 valence electrons. The van der Waals surface area contributed by atoms with Crippen LogP contribution in [0.1, 0.15) is 23.2 Å². The van der Waals surface area contributed by atoms with E-state index in [0.29, 0.717) is 6.54 Å². The molecular formula is C8H12ClNO2. The highest BCUT2D eigenvalue weighted by molar-refractivity contribution is 5.85. The molecule has 1 atom stereocenters. The molecule has 2 heterocycles. The molecule has 0 radical (unpaired) electrons. The van der Waals surface area contributed by atoms with Crippen LogP contribution in [0.4, 0.5) is 0 Å². The van der Waals surface area contributed by atoms with Crippen molar-refractivity contribution in [3.63, 3.8) is 0 Å². The average molecular weight is 190 g/mol. The number of fused-ring (bicyclic) bond motifs is 1. The van der Waals surface area contributed by atoms with Gasteiger partial charge in [0, 0.05) is 12.1 Å². The largest absolute Gasteiger partial charge is 0.465 e. The molecule has 0 aliphatic carbocycles. The van der Waals surface area contributed by atoms with Crippen LogP contribution in [0, 0.1) is 6.92 Å². The van der Waals surface area contributed by atoms with Gasteiger partial charge in [-0.05, 0) is 13.0 Å². The molecule has 3 nitrogen and oxygen atoms in total. The van der Waals surface area contributed by atoms with E-state index in [2.05, 4.69) is 5.32 Å². The molecule has 1 aromatic rings. The van der Waals surface area contributed by atoms with Gasteiger partial charge in [0.25, 0.3) is 0 Å². The molecule has 12 heavy (non-hydrogen) atoms. The number of furan rings is 1. The van der Waals surface area contributed by atoms with E-state index >= 15 is 0 Å². The molecule has 0 fully saturated rings. The Labute approximate surface area is 77.2 Å². The molecular weight excluding hydrogens is 178 g/mol.